The van der Waals surface area contributed by atoms with Gasteiger partial charge in [0.25, 0.3) is 0 Å². The Morgan fingerprint density at radius 2 is 1.35 bits per heavy atom. The smallest absolute Gasteiger partial charge is 0.184 e. The van der Waals surface area contributed by atoms with Gasteiger partial charge in [-0.2, -0.15) is 0 Å². The molecule has 0 aromatic carbocycles. The van der Waals surface area contributed by atoms with E-state index in [1.807, 2.05) is 0 Å². The SMILES string of the molecule is OC[C@@H]1OC([C@]2(O)[C@H](CO)OC(O)[C@@H](O)[C@@H]2O)[C@@H](O)[C@H](O)[C@H]1O. The first-order valence-electron chi connectivity index (χ1n) is 7.03. The second-order valence-corrected chi connectivity index (χ2v) is 5.77. The van der Waals surface area contributed by atoms with E-state index in [9.17, 15) is 40.9 Å². The van der Waals surface area contributed by atoms with Crippen LogP contribution in [0.4, 0.5) is 0 Å². The van der Waals surface area contributed by atoms with Crippen molar-refractivity contribution in [3.05, 3.63) is 0 Å². The Hall–Kier alpha value is -0.440. The van der Waals surface area contributed by atoms with Gasteiger partial charge in [-0.05, 0) is 0 Å². The second kappa shape index (κ2) is 6.82. The van der Waals surface area contributed by atoms with E-state index in [0.29, 0.717) is 0 Å². The molecule has 0 saturated carbocycles. The molecule has 0 bridgehead atoms. The Balaban J connectivity index is 2.38. The Kier molecular flexibility index (Phi) is 5.60. The molecule has 2 aliphatic rings. The molecule has 0 radical (unpaired) electrons. The number of ether oxygens (including phenoxy) is 2. The van der Waals surface area contributed by atoms with Crippen LogP contribution in [0.2, 0.25) is 0 Å². The van der Waals surface area contributed by atoms with Crippen LogP contribution in [0.25, 0.3) is 0 Å². The Bertz CT molecular complexity index is 402. The lowest BCUT2D eigenvalue weighted by Crippen LogP contribution is -2.77. The summed E-state index contributed by atoms with van der Waals surface area (Å²) in [7, 11) is 0. The monoisotopic (exact) mass is 342 g/mol. The summed E-state index contributed by atoms with van der Waals surface area (Å²) in [5, 5.41) is 88.0. The van der Waals surface area contributed by atoms with Crippen LogP contribution in [0, 0.1) is 0 Å². The third-order valence-electron chi connectivity index (χ3n) is 4.42. The minimum Gasteiger partial charge on any atom is -0.394 e. The zero-order valence-electron chi connectivity index (χ0n) is 12.0. The minimum atomic E-state index is -2.64. The van der Waals surface area contributed by atoms with Gasteiger partial charge in [0.1, 0.15) is 48.8 Å². The zero-order valence-corrected chi connectivity index (χ0v) is 12.0. The summed E-state index contributed by atoms with van der Waals surface area (Å²) < 4.78 is 9.97. The summed E-state index contributed by atoms with van der Waals surface area (Å²) in [6.07, 6.45) is -16.4. The van der Waals surface area contributed by atoms with E-state index in [1.54, 1.807) is 0 Å². The van der Waals surface area contributed by atoms with Crippen LogP contribution in [0.3, 0.4) is 0 Å². The third kappa shape index (κ3) is 2.88. The van der Waals surface area contributed by atoms with Gasteiger partial charge in [-0.25, -0.2) is 0 Å². The number of hydrogen-bond donors (Lipinski definition) is 9. The molecule has 0 aromatic heterocycles. The molecule has 10 atom stereocenters. The van der Waals surface area contributed by atoms with E-state index in [4.69, 9.17) is 14.6 Å². The molecule has 9 N–H and O–H groups in total. The Morgan fingerprint density at radius 1 is 0.739 bits per heavy atom. The van der Waals surface area contributed by atoms with Gasteiger partial charge in [0.2, 0.25) is 0 Å². The van der Waals surface area contributed by atoms with E-state index in [0.717, 1.165) is 0 Å². The highest BCUT2D eigenvalue weighted by molar-refractivity contribution is 5.11. The molecule has 2 unspecified atom stereocenters. The van der Waals surface area contributed by atoms with Crippen LogP contribution in [0.1, 0.15) is 0 Å². The number of rotatable bonds is 3. The van der Waals surface area contributed by atoms with Crippen LogP contribution in [0.15, 0.2) is 0 Å². The van der Waals surface area contributed by atoms with Gasteiger partial charge < -0.3 is 55.4 Å². The number of aliphatic hydroxyl groups is 9. The summed E-state index contributed by atoms with van der Waals surface area (Å²) in [6, 6.07) is 0. The van der Waals surface area contributed by atoms with Gasteiger partial charge in [-0.1, -0.05) is 0 Å². The largest absolute Gasteiger partial charge is 0.394 e. The Labute approximate surface area is 130 Å². The maximum absolute atomic E-state index is 10.7. The van der Waals surface area contributed by atoms with Gasteiger partial charge in [0.05, 0.1) is 13.2 Å². The summed E-state index contributed by atoms with van der Waals surface area (Å²) >= 11 is 0. The molecule has 11 nitrogen and oxygen atoms in total. The minimum absolute atomic E-state index is 0.774. The van der Waals surface area contributed by atoms with Crippen molar-refractivity contribution in [2.24, 2.45) is 0 Å². The van der Waals surface area contributed by atoms with E-state index < -0.39 is 73.9 Å². The second-order valence-electron chi connectivity index (χ2n) is 5.77. The average Bonchev–Trinajstić information content (AvgIpc) is 2.54. The third-order valence-corrected chi connectivity index (χ3v) is 4.42. The molecule has 2 heterocycles. The van der Waals surface area contributed by atoms with Crippen molar-refractivity contribution in [1.29, 1.82) is 0 Å². The molecule has 2 aliphatic heterocycles. The van der Waals surface area contributed by atoms with Crippen LogP contribution in [0.5, 0.6) is 0 Å². The highest BCUT2D eigenvalue weighted by Crippen LogP contribution is 2.38. The molecule has 0 aromatic rings. The normalized spacial score (nSPS) is 54.9. The van der Waals surface area contributed by atoms with Crippen molar-refractivity contribution in [2.45, 2.75) is 60.7 Å². The van der Waals surface area contributed by atoms with Crippen molar-refractivity contribution in [3.63, 3.8) is 0 Å². The molecule has 2 rings (SSSR count). The number of aliphatic hydroxyl groups excluding tert-OH is 8. The predicted molar refractivity (Wildman–Crippen MR) is 68.7 cm³/mol. The first-order chi connectivity index (χ1) is 10.7. The fourth-order valence-corrected chi connectivity index (χ4v) is 3.00. The van der Waals surface area contributed by atoms with Crippen LogP contribution < -0.4 is 0 Å². The summed E-state index contributed by atoms with van der Waals surface area (Å²) in [4.78, 5) is 0. The highest BCUT2D eigenvalue weighted by atomic mass is 16.6. The highest BCUT2D eigenvalue weighted by Gasteiger charge is 2.63. The predicted octanol–water partition coefficient (Wildman–Crippen LogP) is -6.01. The molecule has 0 amide bonds. The molecule has 11 heteroatoms. The Morgan fingerprint density at radius 3 is 1.87 bits per heavy atom. The first kappa shape index (κ1) is 18.9. The van der Waals surface area contributed by atoms with Crippen molar-refractivity contribution in [1.82, 2.24) is 0 Å². The molecule has 2 fully saturated rings. The lowest BCUT2D eigenvalue weighted by atomic mass is 9.75. The van der Waals surface area contributed by atoms with E-state index in [1.165, 1.54) is 0 Å². The van der Waals surface area contributed by atoms with Crippen LogP contribution in [-0.2, 0) is 9.47 Å². The molecule has 2 saturated heterocycles. The average molecular weight is 342 g/mol. The van der Waals surface area contributed by atoms with Crippen molar-refractivity contribution < 1.29 is 55.4 Å². The maximum Gasteiger partial charge on any atom is 0.184 e. The summed E-state index contributed by atoms with van der Waals surface area (Å²) in [5.74, 6) is 0. The zero-order chi connectivity index (χ0) is 17.5. The fraction of sp³-hybridized carbons (Fsp3) is 1.00. The van der Waals surface area contributed by atoms with Crippen molar-refractivity contribution in [2.75, 3.05) is 13.2 Å². The molecule has 0 aliphatic carbocycles. The molecular weight excluding hydrogens is 320 g/mol. The van der Waals surface area contributed by atoms with E-state index in [-0.39, 0.29) is 0 Å². The van der Waals surface area contributed by atoms with Gasteiger partial charge in [0.15, 0.2) is 11.9 Å². The van der Waals surface area contributed by atoms with Gasteiger partial charge >= 0.3 is 0 Å². The summed E-state index contributed by atoms with van der Waals surface area (Å²) in [5.41, 5.74) is -2.64. The van der Waals surface area contributed by atoms with Crippen LogP contribution in [-0.4, -0.2) is 120 Å². The fourth-order valence-electron chi connectivity index (χ4n) is 3.00. The van der Waals surface area contributed by atoms with E-state index >= 15 is 0 Å². The molecule has 136 valence electrons. The quantitative estimate of drug-likeness (QED) is 0.236. The first-order valence-corrected chi connectivity index (χ1v) is 7.03. The van der Waals surface area contributed by atoms with Gasteiger partial charge in [-0.3, -0.25) is 0 Å². The van der Waals surface area contributed by atoms with Crippen LogP contribution >= 0.6 is 0 Å². The lowest BCUT2D eigenvalue weighted by Gasteiger charge is -2.54. The van der Waals surface area contributed by atoms with E-state index in [2.05, 4.69) is 0 Å². The van der Waals surface area contributed by atoms with Crippen molar-refractivity contribution in [3.8, 4) is 0 Å². The van der Waals surface area contributed by atoms with Crippen molar-refractivity contribution >= 4 is 0 Å². The van der Waals surface area contributed by atoms with Gasteiger partial charge in [-0.15, -0.1) is 0 Å². The topological polar surface area (TPSA) is 201 Å². The lowest BCUT2D eigenvalue weighted by molar-refractivity contribution is -0.367. The van der Waals surface area contributed by atoms with Gasteiger partial charge in [0, 0.05) is 0 Å². The summed E-state index contributed by atoms with van der Waals surface area (Å²) in [6.45, 7) is -1.70. The maximum atomic E-state index is 10.7. The molecule has 0 spiro atoms. The molecular formula is C12H22O11. The molecule has 23 heavy (non-hydrogen) atoms. The standard InChI is InChI=1S/C12H22O11/c13-1-3-5(15)6(16)7(17)10(22-3)12(21)4(2-14)23-11(20)8(18)9(12)19/h3-11,13-21H,1-2H2/t3-,4-,5-,6+,7-,8-,9-,10?,11?,12-/m0/s1. The number of hydrogen-bond acceptors (Lipinski definition) is 11.